The SMILES string of the molecule is CC1=C(N2C(=O)C3(CCN(C[C@H](O)c4ccc5c(c4C)COC5=O)CC3)CC2C)COC1=O. The smallest absolute Gasteiger partial charge is 0.338 e. The van der Waals surface area contributed by atoms with Crippen molar-refractivity contribution in [3.63, 3.8) is 0 Å². The molecule has 1 aromatic carbocycles. The molecule has 0 saturated carbocycles. The highest BCUT2D eigenvalue weighted by Crippen LogP contribution is 2.47. The Morgan fingerprint density at radius 3 is 2.45 bits per heavy atom. The summed E-state index contributed by atoms with van der Waals surface area (Å²) in [7, 11) is 0. The fraction of sp³-hybridized carbons (Fsp3) is 0.560. The summed E-state index contributed by atoms with van der Waals surface area (Å²) in [6.45, 7) is 8.04. The lowest BCUT2D eigenvalue weighted by Gasteiger charge is -2.38. The molecule has 5 rings (SSSR count). The van der Waals surface area contributed by atoms with E-state index in [1.807, 2.05) is 19.9 Å². The molecule has 1 amide bonds. The van der Waals surface area contributed by atoms with Gasteiger partial charge in [-0.2, -0.15) is 0 Å². The quantitative estimate of drug-likeness (QED) is 0.697. The van der Waals surface area contributed by atoms with E-state index in [0.717, 1.165) is 49.0 Å². The van der Waals surface area contributed by atoms with Crippen molar-refractivity contribution in [1.29, 1.82) is 0 Å². The monoisotopic (exact) mass is 454 g/mol. The van der Waals surface area contributed by atoms with Crippen molar-refractivity contribution in [1.82, 2.24) is 9.80 Å². The molecular weight excluding hydrogens is 424 g/mol. The van der Waals surface area contributed by atoms with Crippen LogP contribution in [0.3, 0.4) is 0 Å². The average Bonchev–Trinajstić information content (AvgIpc) is 3.40. The number of hydrogen-bond acceptors (Lipinski definition) is 7. The lowest BCUT2D eigenvalue weighted by Crippen LogP contribution is -2.45. The van der Waals surface area contributed by atoms with Crippen molar-refractivity contribution in [3.8, 4) is 0 Å². The first kappa shape index (κ1) is 22.1. The van der Waals surface area contributed by atoms with Crippen LogP contribution < -0.4 is 0 Å². The second-order valence-corrected chi connectivity index (χ2v) is 9.85. The third-order valence-corrected chi connectivity index (χ3v) is 7.98. The molecule has 0 aromatic heterocycles. The van der Waals surface area contributed by atoms with Gasteiger partial charge in [-0.15, -0.1) is 0 Å². The van der Waals surface area contributed by atoms with Crippen LogP contribution in [0.2, 0.25) is 0 Å². The Bertz CT molecular complexity index is 1070. The molecule has 1 unspecified atom stereocenters. The van der Waals surface area contributed by atoms with E-state index in [1.54, 1.807) is 17.9 Å². The molecule has 33 heavy (non-hydrogen) atoms. The highest BCUT2D eigenvalue weighted by molar-refractivity contribution is 5.95. The average molecular weight is 455 g/mol. The molecule has 8 heteroatoms. The third-order valence-electron chi connectivity index (χ3n) is 7.98. The zero-order chi connectivity index (χ0) is 23.5. The van der Waals surface area contributed by atoms with Crippen molar-refractivity contribution < 1.29 is 29.0 Å². The molecule has 4 aliphatic heterocycles. The summed E-state index contributed by atoms with van der Waals surface area (Å²) in [5, 5.41) is 10.9. The third kappa shape index (κ3) is 3.47. The molecule has 1 aromatic rings. The standard InChI is InChI=1S/C25H30N2O6/c1-14-10-25(24(31)27(14)20-13-33-22(29)16(20)3)6-8-26(9-7-25)11-21(28)17-4-5-18-19(15(17)2)12-32-23(18)30/h4-5,14,21,28H,6-13H2,1-3H3/t14?,21-/m0/s1. The summed E-state index contributed by atoms with van der Waals surface area (Å²) >= 11 is 0. The number of carbonyl (C=O) groups is 3. The van der Waals surface area contributed by atoms with Crippen LogP contribution in [0, 0.1) is 12.3 Å². The lowest BCUT2D eigenvalue weighted by atomic mass is 9.76. The fourth-order valence-electron chi connectivity index (χ4n) is 5.96. The van der Waals surface area contributed by atoms with Gasteiger partial charge in [-0.05, 0) is 70.3 Å². The molecule has 1 spiro atoms. The van der Waals surface area contributed by atoms with E-state index in [0.29, 0.717) is 23.4 Å². The minimum absolute atomic E-state index is 0.0353. The molecule has 2 saturated heterocycles. The number of hydrogen-bond donors (Lipinski definition) is 1. The first-order valence-electron chi connectivity index (χ1n) is 11.6. The molecule has 4 aliphatic rings. The Morgan fingerprint density at radius 1 is 1.09 bits per heavy atom. The Morgan fingerprint density at radius 2 is 1.79 bits per heavy atom. The number of carbonyl (C=O) groups excluding carboxylic acids is 3. The van der Waals surface area contributed by atoms with Crippen molar-refractivity contribution in [2.45, 2.75) is 58.8 Å². The Labute approximate surface area is 193 Å². The normalized spacial score (nSPS) is 25.6. The molecule has 2 fully saturated rings. The number of amides is 1. The maximum Gasteiger partial charge on any atom is 0.338 e. The van der Waals surface area contributed by atoms with Gasteiger partial charge in [0.25, 0.3) is 0 Å². The van der Waals surface area contributed by atoms with Crippen molar-refractivity contribution in [2.75, 3.05) is 26.2 Å². The van der Waals surface area contributed by atoms with Gasteiger partial charge < -0.3 is 24.4 Å². The van der Waals surface area contributed by atoms with Crippen LogP contribution in [0.25, 0.3) is 0 Å². The van der Waals surface area contributed by atoms with Crippen LogP contribution >= 0.6 is 0 Å². The predicted octanol–water partition coefficient (Wildman–Crippen LogP) is 2.23. The molecule has 0 aliphatic carbocycles. The van der Waals surface area contributed by atoms with Gasteiger partial charge in [0.1, 0.15) is 13.2 Å². The van der Waals surface area contributed by atoms with Crippen LogP contribution in [-0.2, 0) is 25.7 Å². The predicted molar refractivity (Wildman–Crippen MR) is 118 cm³/mol. The number of rotatable bonds is 4. The summed E-state index contributed by atoms with van der Waals surface area (Å²) in [4.78, 5) is 41.1. The molecule has 8 nitrogen and oxygen atoms in total. The van der Waals surface area contributed by atoms with Crippen LogP contribution in [-0.4, -0.2) is 65.0 Å². The van der Waals surface area contributed by atoms with Crippen molar-refractivity contribution >= 4 is 17.8 Å². The van der Waals surface area contributed by atoms with Crippen LogP contribution in [0.1, 0.15) is 66.3 Å². The number of esters is 2. The van der Waals surface area contributed by atoms with E-state index in [9.17, 15) is 19.5 Å². The zero-order valence-electron chi connectivity index (χ0n) is 19.3. The molecular formula is C25H30N2O6. The van der Waals surface area contributed by atoms with Gasteiger partial charge in [-0.25, -0.2) is 9.59 Å². The van der Waals surface area contributed by atoms with Gasteiger partial charge in [0.15, 0.2) is 0 Å². The summed E-state index contributed by atoms with van der Waals surface area (Å²) in [5.41, 5.74) is 4.00. The number of likely N-dealkylation sites (tertiary alicyclic amines) is 2. The number of cyclic esters (lactones) is 2. The van der Waals surface area contributed by atoms with Gasteiger partial charge in [0.05, 0.1) is 28.4 Å². The van der Waals surface area contributed by atoms with Crippen LogP contribution in [0.4, 0.5) is 0 Å². The highest BCUT2D eigenvalue weighted by atomic mass is 16.5. The molecule has 0 radical (unpaired) electrons. The van der Waals surface area contributed by atoms with E-state index >= 15 is 0 Å². The minimum atomic E-state index is -0.677. The molecule has 4 heterocycles. The largest absolute Gasteiger partial charge is 0.457 e. The van der Waals surface area contributed by atoms with E-state index in [-0.39, 0.29) is 37.1 Å². The molecule has 0 bridgehead atoms. The summed E-state index contributed by atoms with van der Waals surface area (Å²) in [6, 6.07) is 3.59. The minimum Gasteiger partial charge on any atom is -0.457 e. The Kier molecular flexibility index (Phi) is 5.33. The van der Waals surface area contributed by atoms with Crippen LogP contribution in [0.15, 0.2) is 23.4 Å². The topological polar surface area (TPSA) is 96.4 Å². The van der Waals surface area contributed by atoms with Crippen molar-refractivity contribution in [2.24, 2.45) is 5.41 Å². The zero-order valence-corrected chi connectivity index (χ0v) is 19.3. The van der Waals surface area contributed by atoms with Crippen LogP contribution in [0.5, 0.6) is 0 Å². The first-order chi connectivity index (χ1) is 15.7. The summed E-state index contributed by atoms with van der Waals surface area (Å²) in [6.07, 6.45) is 1.55. The maximum absolute atomic E-state index is 13.5. The van der Waals surface area contributed by atoms with E-state index in [2.05, 4.69) is 4.90 Å². The number of nitrogens with zero attached hydrogens (tertiary/aromatic N) is 2. The maximum atomic E-state index is 13.5. The lowest BCUT2D eigenvalue weighted by molar-refractivity contribution is -0.139. The second-order valence-electron chi connectivity index (χ2n) is 9.85. The summed E-state index contributed by atoms with van der Waals surface area (Å²) < 4.78 is 10.3. The van der Waals surface area contributed by atoms with Gasteiger partial charge in [0.2, 0.25) is 5.91 Å². The number of benzene rings is 1. The Balaban J connectivity index is 1.25. The molecule has 176 valence electrons. The number of β-amino-alcohol motifs (C(OH)–C–C–N with tert-alkyl or cyclic N) is 1. The highest BCUT2D eigenvalue weighted by Gasteiger charge is 2.53. The van der Waals surface area contributed by atoms with E-state index in [1.165, 1.54) is 0 Å². The Hall–Kier alpha value is -2.71. The van der Waals surface area contributed by atoms with E-state index in [4.69, 9.17) is 9.47 Å². The fourth-order valence-corrected chi connectivity index (χ4v) is 5.96. The van der Waals surface area contributed by atoms with Gasteiger partial charge in [0, 0.05) is 18.2 Å². The van der Waals surface area contributed by atoms with E-state index < -0.39 is 11.5 Å². The first-order valence-corrected chi connectivity index (χ1v) is 11.6. The molecule has 1 N–H and O–H groups in total. The number of aliphatic hydroxyl groups excluding tert-OH is 1. The number of ether oxygens (including phenoxy) is 2. The second kappa shape index (κ2) is 7.95. The van der Waals surface area contributed by atoms with Crippen molar-refractivity contribution in [3.05, 3.63) is 45.7 Å². The van der Waals surface area contributed by atoms with Gasteiger partial charge >= 0.3 is 11.9 Å². The summed E-state index contributed by atoms with van der Waals surface area (Å²) in [5.74, 6) is -0.547. The number of aliphatic hydroxyl groups is 1. The number of piperidine rings is 1. The van der Waals surface area contributed by atoms with Gasteiger partial charge in [-0.1, -0.05) is 6.07 Å². The van der Waals surface area contributed by atoms with Gasteiger partial charge in [-0.3, -0.25) is 4.79 Å². The number of fused-ring (bicyclic) bond motifs is 1. The molecule has 2 atom stereocenters.